The summed E-state index contributed by atoms with van der Waals surface area (Å²) >= 11 is 3.27. The Hall–Kier alpha value is -0.240. The highest BCUT2D eigenvalue weighted by atomic mass is 79.9. The van der Waals surface area contributed by atoms with E-state index in [1.54, 1.807) is 24.3 Å². The largest absolute Gasteiger partial charge is 0.259 e. The Morgan fingerprint density at radius 1 is 1.12 bits per heavy atom. The molecule has 1 aliphatic heterocycles. The molecule has 1 saturated heterocycles. The van der Waals surface area contributed by atoms with Crippen LogP contribution >= 0.6 is 15.9 Å². The standard InChI is InChI=1S/C10H12BrNO3S2/c11-9-1-3-10(4-2-9)17(14,15)12-5-7-16(13)8-6-12/h1-4H,5-8H2. The first-order valence-electron chi connectivity index (χ1n) is 5.11. The average molecular weight is 338 g/mol. The van der Waals surface area contributed by atoms with Crippen LogP contribution in [0, 0.1) is 0 Å². The van der Waals surface area contributed by atoms with Gasteiger partial charge >= 0.3 is 0 Å². The third kappa shape index (κ3) is 2.96. The molecule has 0 aromatic heterocycles. The molecule has 0 spiro atoms. The van der Waals surface area contributed by atoms with Crippen LogP contribution < -0.4 is 0 Å². The van der Waals surface area contributed by atoms with Crippen LogP contribution in [0.15, 0.2) is 33.6 Å². The van der Waals surface area contributed by atoms with E-state index in [2.05, 4.69) is 15.9 Å². The number of halogens is 1. The first kappa shape index (κ1) is 13.2. The van der Waals surface area contributed by atoms with Crippen LogP contribution in [-0.4, -0.2) is 41.5 Å². The summed E-state index contributed by atoms with van der Waals surface area (Å²) in [5.74, 6) is 0.853. The monoisotopic (exact) mass is 337 g/mol. The minimum absolute atomic E-state index is 0.286. The Morgan fingerprint density at radius 3 is 2.18 bits per heavy atom. The van der Waals surface area contributed by atoms with Crippen LogP contribution in [-0.2, 0) is 20.8 Å². The minimum Gasteiger partial charge on any atom is -0.259 e. The molecule has 4 nitrogen and oxygen atoms in total. The summed E-state index contributed by atoms with van der Waals surface area (Å²) in [5.41, 5.74) is 0. The topological polar surface area (TPSA) is 54.5 Å². The van der Waals surface area contributed by atoms with E-state index in [-0.39, 0.29) is 4.90 Å². The van der Waals surface area contributed by atoms with Crippen molar-refractivity contribution in [3.63, 3.8) is 0 Å². The van der Waals surface area contributed by atoms with Gasteiger partial charge in [0.2, 0.25) is 10.0 Å². The van der Waals surface area contributed by atoms with Gasteiger partial charge in [0.15, 0.2) is 0 Å². The van der Waals surface area contributed by atoms with E-state index in [1.807, 2.05) is 0 Å². The number of rotatable bonds is 2. The van der Waals surface area contributed by atoms with Gasteiger partial charge in [-0.05, 0) is 24.3 Å². The van der Waals surface area contributed by atoms with E-state index < -0.39 is 20.8 Å². The highest BCUT2D eigenvalue weighted by Gasteiger charge is 2.27. The predicted molar refractivity (Wildman–Crippen MR) is 70.8 cm³/mol. The number of benzene rings is 1. The second kappa shape index (κ2) is 5.17. The molecular formula is C10H12BrNO3S2. The van der Waals surface area contributed by atoms with Crippen molar-refractivity contribution in [3.8, 4) is 0 Å². The molecule has 0 saturated carbocycles. The molecule has 0 atom stereocenters. The van der Waals surface area contributed by atoms with Gasteiger partial charge in [0.1, 0.15) is 0 Å². The molecule has 1 aromatic carbocycles. The number of hydrogen-bond acceptors (Lipinski definition) is 3. The lowest BCUT2D eigenvalue weighted by molar-refractivity contribution is 0.438. The van der Waals surface area contributed by atoms with Gasteiger partial charge in [0.25, 0.3) is 0 Å². The first-order valence-corrected chi connectivity index (χ1v) is 8.83. The Balaban J connectivity index is 2.24. The van der Waals surface area contributed by atoms with Gasteiger partial charge in [-0.15, -0.1) is 0 Å². The van der Waals surface area contributed by atoms with Crippen molar-refractivity contribution in [2.24, 2.45) is 0 Å². The van der Waals surface area contributed by atoms with Gasteiger partial charge in [-0.3, -0.25) is 4.21 Å². The molecule has 1 aliphatic rings. The van der Waals surface area contributed by atoms with E-state index in [1.165, 1.54) is 4.31 Å². The van der Waals surface area contributed by atoms with E-state index >= 15 is 0 Å². The molecular weight excluding hydrogens is 326 g/mol. The number of hydrogen-bond donors (Lipinski definition) is 0. The Labute approximate surface area is 112 Å². The number of sulfonamides is 1. The molecule has 94 valence electrons. The lowest BCUT2D eigenvalue weighted by Crippen LogP contribution is -2.41. The lowest BCUT2D eigenvalue weighted by atomic mass is 10.4. The molecule has 1 fully saturated rings. The summed E-state index contributed by atoms with van der Waals surface area (Å²) in [4.78, 5) is 0.286. The Kier molecular flexibility index (Phi) is 4.02. The first-order chi connectivity index (χ1) is 8.00. The van der Waals surface area contributed by atoms with Crippen LogP contribution in [0.4, 0.5) is 0 Å². The van der Waals surface area contributed by atoms with Gasteiger partial charge in [-0.1, -0.05) is 15.9 Å². The quantitative estimate of drug-likeness (QED) is 0.814. The average Bonchev–Trinajstić information content (AvgIpc) is 2.30. The SMILES string of the molecule is O=S1CCN(S(=O)(=O)c2ccc(Br)cc2)CC1. The molecule has 0 unspecified atom stereocenters. The molecule has 0 aliphatic carbocycles. The maximum absolute atomic E-state index is 12.2. The second-order valence-corrected chi connectivity index (χ2v) is 8.26. The highest BCUT2D eigenvalue weighted by Crippen LogP contribution is 2.19. The third-order valence-corrected chi connectivity index (χ3v) is 6.31. The van der Waals surface area contributed by atoms with Crippen molar-refractivity contribution < 1.29 is 12.6 Å². The van der Waals surface area contributed by atoms with Crippen molar-refractivity contribution in [2.75, 3.05) is 24.6 Å². The van der Waals surface area contributed by atoms with Crippen LogP contribution in [0.3, 0.4) is 0 Å². The van der Waals surface area contributed by atoms with Crippen LogP contribution in [0.25, 0.3) is 0 Å². The van der Waals surface area contributed by atoms with Crippen molar-refractivity contribution >= 4 is 36.8 Å². The van der Waals surface area contributed by atoms with Crippen molar-refractivity contribution in [2.45, 2.75) is 4.90 Å². The summed E-state index contributed by atoms with van der Waals surface area (Å²) in [6, 6.07) is 6.56. The third-order valence-electron chi connectivity index (χ3n) is 2.59. The zero-order chi connectivity index (χ0) is 12.5. The molecule has 0 radical (unpaired) electrons. The zero-order valence-corrected chi connectivity index (χ0v) is 12.2. The van der Waals surface area contributed by atoms with Crippen LogP contribution in [0.1, 0.15) is 0 Å². The van der Waals surface area contributed by atoms with E-state index in [0.717, 1.165) is 4.47 Å². The fourth-order valence-corrected chi connectivity index (χ4v) is 4.61. The van der Waals surface area contributed by atoms with E-state index in [9.17, 15) is 12.6 Å². The van der Waals surface area contributed by atoms with Gasteiger partial charge in [0, 0.05) is 39.9 Å². The maximum atomic E-state index is 12.2. The summed E-state index contributed by atoms with van der Waals surface area (Å²) in [7, 11) is -4.29. The fraction of sp³-hybridized carbons (Fsp3) is 0.400. The van der Waals surface area contributed by atoms with Crippen LogP contribution in [0.5, 0.6) is 0 Å². The number of nitrogens with zero attached hydrogens (tertiary/aromatic N) is 1. The van der Waals surface area contributed by atoms with E-state index in [0.29, 0.717) is 24.6 Å². The summed E-state index contributed by atoms with van der Waals surface area (Å²) in [6.45, 7) is 0.677. The van der Waals surface area contributed by atoms with Crippen molar-refractivity contribution in [3.05, 3.63) is 28.7 Å². The summed E-state index contributed by atoms with van der Waals surface area (Å²) in [6.07, 6.45) is 0. The molecule has 7 heteroatoms. The molecule has 1 heterocycles. The second-order valence-electron chi connectivity index (χ2n) is 3.71. The summed E-state index contributed by atoms with van der Waals surface area (Å²) in [5, 5.41) is 0. The minimum atomic E-state index is -3.42. The predicted octanol–water partition coefficient (Wildman–Crippen LogP) is 1.20. The molecule has 1 aromatic rings. The zero-order valence-electron chi connectivity index (χ0n) is 9.00. The van der Waals surface area contributed by atoms with Crippen molar-refractivity contribution in [1.82, 2.24) is 4.31 Å². The van der Waals surface area contributed by atoms with Gasteiger partial charge < -0.3 is 0 Å². The van der Waals surface area contributed by atoms with Crippen LogP contribution in [0.2, 0.25) is 0 Å². The lowest BCUT2D eigenvalue weighted by Gasteiger charge is -2.25. The Morgan fingerprint density at radius 2 is 1.65 bits per heavy atom. The van der Waals surface area contributed by atoms with Gasteiger partial charge in [0.05, 0.1) is 4.90 Å². The smallest absolute Gasteiger partial charge is 0.243 e. The van der Waals surface area contributed by atoms with Gasteiger partial charge in [-0.25, -0.2) is 8.42 Å². The fourth-order valence-electron chi connectivity index (χ4n) is 1.62. The molecule has 0 amide bonds. The molecule has 2 rings (SSSR count). The highest BCUT2D eigenvalue weighted by molar-refractivity contribution is 9.10. The molecule has 17 heavy (non-hydrogen) atoms. The molecule has 0 N–H and O–H groups in total. The van der Waals surface area contributed by atoms with Gasteiger partial charge in [-0.2, -0.15) is 4.31 Å². The summed E-state index contributed by atoms with van der Waals surface area (Å²) < 4.78 is 37.9. The normalized spacial score (nSPS) is 19.4. The van der Waals surface area contributed by atoms with Crippen molar-refractivity contribution in [1.29, 1.82) is 0 Å². The van der Waals surface area contributed by atoms with E-state index in [4.69, 9.17) is 0 Å². The maximum Gasteiger partial charge on any atom is 0.243 e. The Bertz CT molecular complexity index is 517. The molecule has 0 bridgehead atoms.